The number of fused-ring (bicyclic) bond motifs is 1. The summed E-state index contributed by atoms with van der Waals surface area (Å²) in [7, 11) is 0. The zero-order valence-electron chi connectivity index (χ0n) is 18.3. The molecule has 5 rings (SSSR count). The number of Topliss-reactive ketones (excluding diaryl/α,β-unsaturated/α-hetero) is 1. The third-order valence-electron chi connectivity index (χ3n) is 6.31. The molecular weight excluding hydrogens is 430 g/mol. The fourth-order valence-electron chi connectivity index (χ4n) is 4.50. The third-order valence-corrected chi connectivity index (χ3v) is 7.38. The highest BCUT2D eigenvalue weighted by atomic mass is 32.1. The lowest BCUT2D eigenvalue weighted by atomic mass is 9.84. The van der Waals surface area contributed by atoms with E-state index in [1.807, 2.05) is 60.7 Å². The quantitative estimate of drug-likeness (QED) is 0.231. The maximum atomic E-state index is 12.9. The summed E-state index contributed by atoms with van der Waals surface area (Å²) in [6.45, 7) is -0.282. The van der Waals surface area contributed by atoms with Crippen LogP contribution in [0.5, 0.6) is 0 Å². The van der Waals surface area contributed by atoms with Crippen LogP contribution in [0.3, 0.4) is 0 Å². The molecule has 0 aliphatic heterocycles. The number of carbonyl (C=O) groups excluding carboxylic acids is 2. The smallest absolute Gasteiger partial charge is 0.339 e. The van der Waals surface area contributed by atoms with Crippen molar-refractivity contribution in [3.8, 4) is 10.6 Å². The lowest BCUT2D eigenvalue weighted by Crippen LogP contribution is -2.15. The lowest BCUT2D eigenvalue weighted by molar-refractivity contribution is 0.0475. The zero-order chi connectivity index (χ0) is 22.6. The first kappa shape index (κ1) is 21.5. The fourth-order valence-corrected chi connectivity index (χ4v) is 5.51. The minimum Gasteiger partial charge on any atom is -0.454 e. The third kappa shape index (κ3) is 4.74. The second-order valence-corrected chi connectivity index (χ2v) is 9.52. The van der Waals surface area contributed by atoms with Crippen molar-refractivity contribution < 1.29 is 14.3 Å². The van der Waals surface area contributed by atoms with Gasteiger partial charge in [-0.05, 0) is 42.5 Å². The topological polar surface area (TPSA) is 56.3 Å². The molecule has 4 nitrogen and oxygen atoms in total. The SMILES string of the molecule is O=C(COC(=O)c1ccccc1-c1nc2ccccc2s1)c1ccc(C2CCCCC2)cc1. The second-order valence-electron chi connectivity index (χ2n) is 8.49. The van der Waals surface area contributed by atoms with E-state index in [0.717, 1.165) is 15.2 Å². The van der Waals surface area contributed by atoms with E-state index in [2.05, 4.69) is 4.98 Å². The number of ether oxygens (including phenoxy) is 1. The Hall–Kier alpha value is -3.31. The van der Waals surface area contributed by atoms with Crippen LogP contribution in [0.1, 0.15) is 64.3 Å². The summed E-state index contributed by atoms with van der Waals surface area (Å²) in [4.78, 5) is 30.2. The van der Waals surface area contributed by atoms with Gasteiger partial charge in [0.15, 0.2) is 12.4 Å². The number of hydrogen-bond acceptors (Lipinski definition) is 5. The average Bonchev–Trinajstić information content (AvgIpc) is 3.32. The molecule has 0 amide bonds. The van der Waals surface area contributed by atoms with E-state index < -0.39 is 5.97 Å². The highest BCUT2D eigenvalue weighted by molar-refractivity contribution is 7.21. The van der Waals surface area contributed by atoms with Gasteiger partial charge in [0.25, 0.3) is 0 Å². The van der Waals surface area contributed by atoms with Crippen molar-refractivity contribution >= 4 is 33.3 Å². The van der Waals surface area contributed by atoms with Crippen LogP contribution in [0, 0.1) is 0 Å². The summed E-state index contributed by atoms with van der Waals surface area (Å²) in [6.07, 6.45) is 6.32. The molecule has 33 heavy (non-hydrogen) atoms. The molecule has 0 atom stereocenters. The van der Waals surface area contributed by atoms with Crippen molar-refractivity contribution in [3.05, 3.63) is 89.5 Å². The molecule has 0 saturated heterocycles. The van der Waals surface area contributed by atoms with Crippen molar-refractivity contribution in [3.63, 3.8) is 0 Å². The van der Waals surface area contributed by atoms with Crippen molar-refractivity contribution in [2.75, 3.05) is 6.61 Å². The number of carbonyl (C=O) groups is 2. The van der Waals surface area contributed by atoms with Gasteiger partial charge in [0.2, 0.25) is 0 Å². The van der Waals surface area contributed by atoms with Crippen LogP contribution >= 0.6 is 11.3 Å². The molecule has 1 aliphatic carbocycles. The normalized spacial score (nSPS) is 14.3. The molecule has 1 aliphatic rings. The largest absolute Gasteiger partial charge is 0.454 e. The number of aromatic nitrogens is 1. The van der Waals surface area contributed by atoms with Crippen LogP contribution in [-0.2, 0) is 4.74 Å². The molecule has 166 valence electrons. The minimum atomic E-state index is -0.517. The van der Waals surface area contributed by atoms with Gasteiger partial charge in [-0.15, -0.1) is 11.3 Å². The summed E-state index contributed by atoms with van der Waals surface area (Å²) < 4.78 is 6.47. The number of para-hydroxylation sites is 1. The second kappa shape index (κ2) is 9.67. The van der Waals surface area contributed by atoms with Gasteiger partial charge in [0.1, 0.15) is 5.01 Å². The predicted octanol–water partition coefficient (Wildman–Crippen LogP) is 7.05. The Morgan fingerprint density at radius 3 is 2.39 bits per heavy atom. The standard InChI is InChI=1S/C28H25NO3S/c30-25(21-16-14-20(15-17-21)19-8-2-1-3-9-19)18-32-28(31)23-11-5-4-10-22(23)27-29-24-12-6-7-13-26(24)33-27/h4-7,10-17,19H,1-3,8-9,18H2. The maximum Gasteiger partial charge on any atom is 0.339 e. The summed E-state index contributed by atoms with van der Waals surface area (Å²) in [5, 5.41) is 0.758. The molecule has 0 radical (unpaired) electrons. The Balaban J connectivity index is 1.27. The molecular formula is C28H25NO3S. The van der Waals surface area contributed by atoms with E-state index in [9.17, 15) is 9.59 Å². The average molecular weight is 456 g/mol. The van der Waals surface area contributed by atoms with E-state index in [1.54, 1.807) is 12.1 Å². The Labute approximate surface area is 197 Å². The van der Waals surface area contributed by atoms with Gasteiger partial charge < -0.3 is 4.74 Å². The molecule has 1 heterocycles. The van der Waals surface area contributed by atoms with Gasteiger partial charge in [-0.2, -0.15) is 0 Å². The van der Waals surface area contributed by atoms with Crippen molar-refractivity contribution in [2.24, 2.45) is 0 Å². The first-order chi connectivity index (χ1) is 16.2. The first-order valence-corrected chi connectivity index (χ1v) is 12.3. The Morgan fingerprint density at radius 2 is 1.61 bits per heavy atom. The number of benzene rings is 3. The van der Waals surface area contributed by atoms with Gasteiger partial charge in [-0.25, -0.2) is 9.78 Å². The lowest BCUT2D eigenvalue weighted by Gasteiger charge is -2.22. The predicted molar refractivity (Wildman–Crippen MR) is 132 cm³/mol. The molecule has 1 aromatic heterocycles. The Bertz CT molecular complexity index is 1250. The van der Waals surface area contributed by atoms with E-state index in [0.29, 0.717) is 22.6 Å². The molecule has 3 aromatic carbocycles. The Kier molecular flexibility index (Phi) is 6.31. The van der Waals surface area contributed by atoms with Gasteiger partial charge in [-0.3, -0.25) is 4.79 Å². The molecule has 0 N–H and O–H groups in total. The molecule has 4 aromatic rings. The number of rotatable bonds is 6. The van der Waals surface area contributed by atoms with Crippen molar-refractivity contribution in [2.45, 2.75) is 38.0 Å². The van der Waals surface area contributed by atoms with Crippen LogP contribution < -0.4 is 0 Å². The minimum absolute atomic E-state index is 0.198. The van der Waals surface area contributed by atoms with E-state index in [4.69, 9.17) is 4.74 Å². The summed E-state index contributed by atoms with van der Waals surface area (Å²) in [5.74, 6) is -0.118. The molecule has 0 spiro atoms. The molecule has 0 bridgehead atoms. The highest BCUT2D eigenvalue weighted by Crippen LogP contribution is 2.33. The highest BCUT2D eigenvalue weighted by Gasteiger charge is 2.19. The number of esters is 1. The molecule has 0 unspecified atom stereocenters. The number of hydrogen-bond donors (Lipinski definition) is 0. The molecule has 5 heteroatoms. The van der Waals surface area contributed by atoms with Gasteiger partial charge in [0.05, 0.1) is 15.8 Å². The monoisotopic (exact) mass is 455 g/mol. The van der Waals surface area contributed by atoms with Crippen LogP contribution in [0.25, 0.3) is 20.8 Å². The number of nitrogens with zero attached hydrogens (tertiary/aromatic N) is 1. The molecule has 1 fully saturated rings. The first-order valence-electron chi connectivity index (χ1n) is 11.4. The summed E-state index contributed by atoms with van der Waals surface area (Å²) in [5.41, 5.74) is 3.90. The van der Waals surface area contributed by atoms with E-state index in [-0.39, 0.29) is 12.4 Å². The summed E-state index contributed by atoms with van der Waals surface area (Å²) >= 11 is 1.53. The van der Waals surface area contributed by atoms with E-state index >= 15 is 0 Å². The van der Waals surface area contributed by atoms with Crippen LogP contribution in [-0.4, -0.2) is 23.3 Å². The van der Waals surface area contributed by atoms with Gasteiger partial charge in [-0.1, -0.05) is 73.9 Å². The van der Waals surface area contributed by atoms with Crippen molar-refractivity contribution in [1.29, 1.82) is 0 Å². The zero-order valence-corrected chi connectivity index (χ0v) is 19.1. The summed E-state index contributed by atoms with van der Waals surface area (Å²) in [6, 6.07) is 22.9. The molecule has 1 saturated carbocycles. The van der Waals surface area contributed by atoms with Gasteiger partial charge >= 0.3 is 5.97 Å². The van der Waals surface area contributed by atoms with Crippen LogP contribution in [0.4, 0.5) is 0 Å². The number of thiazole rings is 1. The van der Waals surface area contributed by atoms with Crippen molar-refractivity contribution in [1.82, 2.24) is 4.98 Å². The number of ketones is 1. The maximum absolute atomic E-state index is 12.9. The Morgan fingerprint density at radius 1 is 0.879 bits per heavy atom. The fraction of sp³-hybridized carbons (Fsp3) is 0.250. The van der Waals surface area contributed by atoms with Crippen LogP contribution in [0.15, 0.2) is 72.8 Å². The van der Waals surface area contributed by atoms with E-state index in [1.165, 1.54) is 49.0 Å². The van der Waals surface area contributed by atoms with Gasteiger partial charge in [0, 0.05) is 11.1 Å². The van der Waals surface area contributed by atoms with Crippen LogP contribution in [0.2, 0.25) is 0 Å².